The molecular formula is C17H22N2O3S2. The first-order valence-electron chi connectivity index (χ1n) is 8.63. The van der Waals surface area contributed by atoms with Crippen LogP contribution in [0.3, 0.4) is 0 Å². The van der Waals surface area contributed by atoms with E-state index in [1.54, 1.807) is 22.8 Å². The molecule has 0 radical (unpaired) electrons. The van der Waals surface area contributed by atoms with E-state index < -0.39 is 10.0 Å². The van der Waals surface area contributed by atoms with Gasteiger partial charge in [-0.15, -0.1) is 0 Å². The fourth-order valence-corrected chi connectivity index (χ4v) is 6.68. The summed E-state index contributed by atoms with van der Waals surface area (Å²) in [4.78, 5) is 12.3. The van der Waals surface area contributed by atoms with Gasteiger partial charge in [-0.25, -0.2) is 13.1 Å². The van der Waals surface area contributed by atoms with Crippen molar-refractivity contribution in [2.45, 2.75) is 56.5 Å². The molecule has 0 spiro atoms. The molecule has 1 heterocycles. The highest BCUT2D eigenvalue weighted by Gasteiger charge is 2.41. The lowest BCUT2D eigenvalue weighted by atomic mass is 9.96. The highest BCUT2D eigenvalue weighted by atomic mass is 32.2. The standard InChI is InChI=1S/C17H22N2O3S2/c1-2-7-19-15-6-5-13(10-16(15)23-17(19)20)24(21,22)18-14-9-11-3-4-12(14)8-11/h5-6,10-12,14,18H,2-4,7-9H2,1H3/t11-,12+,14-/m0/s1. The number of hydrogen-bond acceptors (Lipinski definition) is 4. The smallest absolute Gasteiger partial charge is 0.299 e. The molecule has 0 aliphatic heterocycles. The Balaban J connectivity index is 1.64. The summed E-state index contributed by atoms with van der Waals surface area (Å²) in [7, 11) is -3.53. The van der Waals surface area contributed by atoms with Crippen LogP contribution in [0.4, 0.5) is 0 Å². The number of nitrogens with one attached hydrogen (secondary N) is 1. The molecule has 2 aliphatic carbocycles. The van der Waals surface area contributed by atoms with Gasteiger partial charge >= 0.3 is 4.87 Å². The first kappa shape index (κ1) is 16.3. The summed E-state index contributed by atoms with van der Waals surface area (Å²) >= 11 is 1.12. The van der Waals surface area contributed by atoms with Gasteiger partial charge in [-0.3, -0.25) is 9.36 Å². The normalized spacial score (nSPS) is 26.5. The molecule has 3 atom stereocenters. The molecule has 5 nitrogen and oxygen atoms in total. The molecular weight excluding hydrogens is 344 g/mol. The van der Waals surface area contributed by atoms with Gasteiger partial charge in [0.1, 0.15) is 0 Å². The van der Waals surface area contributed by atoms with Crippen molar-refractivity contribution in [3.63, 3.8) is 0 Å². The monoisotopic (exact) mass is 366 g/mol. The first-order chi connectivity index (χ1) is 11.5. The fraction of sp³-hybridized carbons (Fsp3) is 0.588. The average Bonchev–Trinajstić information content (AvgIpc) is 3.22. The average molecular weight is 367 g/mol. The van der Waals surface area contributed by atoms with Crippen molar-refractivity contribution >= 4 is 31.6 Å². The minimum atomic E-state index is -3.53. The lowest BCUT2D eigenvalue weighted by Crippen LogP contribution is -2.38. The van der Waals surface area contributed by atoms with E-state index in [1.165, 1.54) is 6.42 Å². The molecule has 7 heteroatoms. The van der Waals surface area contributed by atoms with Crippen molar-refractivity contribution in [1.29, 1.82) is 0 Å². The van der Waals surface area contributed by atoms with Crippen molar-refractivity contribution < 1.29 is 8.42 Å². The number of aryl methyl sites for hydroxylation is 1. The molecule has 4 rings (SSSR count). The van der Waals surface area contributed by atoms with Crippen LogP contribution in [0.1, 0.15) is 39.0 Å². The van der Waals surface area contributed by atoms with Crippen molar-refractivity contribution in [2.75, 3.05) is 0 Å². The fourth-order valence-electron chi connectivity index (χ4n) is 4.31. The molecule has 2 bridgehead atoms. The number of sulfonamides is 1. The molecule has 2 aliphatic rings. The summed E-state index contributed by atoms with van der Waals surface area (Å²) < 4.78 is 30.8. The molecule has 0 amide bonds. The quantitative estimate of drug-likeness (QED) is 0.885. The Hall–Kier alpha value is -1.18. The topological polar surface area (TPSA) is 68.2 Å². The molecule has 1 aromatic carbocycles. The second-order valence-corrected chi connectivity index (χ2v) is 9.76. The van der Waals surface area contributed by atoms with Gasteiger partial charge in [-0.05, 0) is 55.7 Å². The highest BCUT2D eigenvalue weighted by molar-refractivity contribution is 7.89. The van der Waals surface area contributed by atoms with Crippen molar-refractivity contribution in [2.24, 2.45) is 11.8 Å². The Labute approximate surface area is 145 Å². The predicted octanol–water partition coefficient (Wildman–Crippen LogP) is 2.94. The minimum absolute atomic E-state index is 0.0255. The summed E-state index contributed by atoms with van der Waals surface area (Å²) in [5.74, 6) is 1.19. The molecule has 1 aromatic heterocycles. The van der Waals surface area contributed by atoms with E-state index in [2.05, 4.69) is 4.72 Å². The number of nitrogens with zero attached hydrogens (tertiary/aromatic N) is 1. The lowest BCUT2D eigenvalue weighted by molar-refractivity contribution is 0.390. The third-order valence-electron chi connectivity index (χ3n) is 5.44. The van der Waals surface area contributed by atoms with Crippen LogP contribution in [-0.2, 0) is 16.6 Å². The predicted molar refractivity (Wildman–Crippen MR) is 95.9 cm³/mol. The van der Waals surface area contributed by atoms with E-state index in [-0.39, 0.29) is 15.8 Å². The number of thiazole rings is 1. The first-order valence-corrected chi connectivity index (χ1v) is 10.9. The lowest BCUT2D eigenvalue weighted by Gasteiger charge is -2.22. The zero-order valence-electron chi connectivity index (χ0n) is 13.7. The van der Waals surface area contributed by atoms with E-state index in [9.17, 15) is 13.2 Å². The maximum atomic E-state index is 12.7. The van der Waals surface area contributed by atoms with Crippen LogP contribution in [0.15, 0.2) is 27.9 Å². The van der Waals surface area contributed by atoms with Crippen LogP contribution in [0, 0.1) is 11.8 Å². The summed E-state index contributed by atoms with van der Waals surface area (Å²) in [6, 6.07) is 5.10. The Morgan fingerprint density at radius 2 is 2.12 bits per heavy atom. The van der Waals surface area contributed by atoms with E-state index in [1.807, 2.05) is 6.92 Å². The van der Waals surface area contributed by atoms with E-state index in [0.717, 1.165) is 47.2 Å². The molecule has 130 valence electrons. The van der Waals surface area contributed by atoms with E-state index in [0.29, 0.717) is 18.4 Å². The molecule has 24 heavy (non-hydrogen) atoms. The van der Waals surface area contributed by atoms with Crippen LogP contribution in [0.5, 0.6) is 0 Å². The zero-order valence-corrected chi connectivity index (χ0v) is 15.3. The van der Waals surface area contributed by atoms with E-state index >= 15 is 0 Å². The van der Waals surface area contributed by atoms with Gasteiger partial charge in [-0.1, -0.05) is 24.7 Å². The van der Waals surface area contributed by atoms with Gasteiger partial charge in [0.05, 0.1) is 15.1 Å². The molecule has 0 saturated heterocycles. The van der Waals surface area contributed by atoms with Gasteiger partial charge in [0, 0.05) is 12.6 Å². The van der Waals surface area contributed by atoms with Gasteiger partial charge in [0.25, 0.3) is 0 Å². The second kappa shape index (κ2) is 5.97. The Bertz CT molecular complexity index is 929. The highest BCUT2D eigenvalue weighted by Crippen LogP contribution is 2.44. The number of benzene rings is 1. The van der Waals surface area contributed by atoms with E-state index in [4.69, 9.17) is 0 Å². The van der Waals surface area contributed by atoms with Crippen LogP contribution in [-0.4, -0.2) is 19.0 Å². The summed E-state index contributed by atoms with van der Waals surface area (Å²) in [5, 5.41) is 0. The van der Waals surface area contributed by atoms with Crippen LogP contribution in [0.2, 0.25) is 0 Å². The van der Waals surface area contributed by atoms with Gasteiger partial charge in [-0.2, -0.15) is 0 Å². The maximum absolute atomic E-state index is 12.7. The number of aromatic nitrogens is 1. The van der Waals surface area contributed by atoms with Crippen LogP contribution < -0.4 is 9.60 Å². The molecule has 2 fully saturated rings. The summed E-state index contributed by atoms with van der Waals surface area (Å²) in [5.41, 5.74) is 0.825. The zero-order chi connectivity index (χ0) is 16.9. The van der Waals surface area contributed by atoms with Crippen LogP contribution >= 0.6 is 11.3 Å². The molecule has 0 unspecified atom stereocenters. The summed E-state index contributed by atoms with van der Waals surface area (Å²) in [6.45, 7) is 2.68. The Kier molecular flexibility index (Phi) is 4.05. The van der Waals surface area contributed by atoms with Crippen molar-refractivity contribution in [3.8, 4) is 0 Å². The third-order valence-corrected chi connectivity index (χ3v) is 7.87. The largest absolute Gasteiger partial charge is 0.308 e. The maximum Gasteiger partial charge on any atom is 0.308 e. The second-order valence-electron chi connectivity index (χ2n) is 7.05. The number of rotatable bonds is 5. The summed E-state index contributed by atoms with van der Waals surface area (Å²) in [6.07, 6.45) is 5.38. The third kappa shape index (κ3) is 2.72. The minimum Gasteiger partial charge on any atom is -0.299 e. The van der Waals surface area contributed by atoms with Crippen molar-refractivity contribution in [1.82, 2.24) is 9.29 Å². The number of fused-ring (bicyclic) bond motifs is 3. The van der Waals surface area contributed by atoms with Gasteiger partial charge in [0.15, 0.2) is 0 Å². The number of hydrogen-bond donors (Lipinski definition) is 1. The van der Waals surface area contributed by atoms with Gasteiger partial charge in [0.2, 0.25) is 10.0 Å². The Morgan fingerprint density at radius 3 is 2.79 bits per heavy atom. The van der Waals surface area contributed by atoms with Crippen molar-refractivity contribution in [3.05, 3.63) is 27.9 Å². The van der Waals surface area contributed by atoms with Gasteiger partial charge < -0.3 is 0 Å². The SMILES string of the molecule is CCCn1c(=O)sc2cc(S(=O)(=O)N[C@H]3C[C@H]4CC[C@@H]3C4)ccc21. The Morgan fingerprint density at radius 1 is 1.29 bits per heavy atom. The van der Waals surface area contributed by atoms with Crippen LogP contribution in [0.25, 0.3) is 10.2 Å². The molecule has 2 saturated carbocycles. The molecule has 2 aromatic rings. The molecule has 1 N–H and O–H groups in total.